The Labute approximate surface area is 197 Å². The van der Waals surface area contributed by atoms with Crippen LogP contribution < -0.4 is 20.9 Å². The highest BCUT2D eigenvalue weighted by Crippen LogP contribution is 2.29. The predicted octanol–water partition coefficient (Wildman–Crippen LogP) is 4.55. The maximum absolute atomic E-state index is 13.9. The van der Waals surface area contributed by atoms with E-state index in [2.05, 4.69) is 20.9 Å². The first-order chi connectivity index (χ1) is 15.8. The van der Waals surface area contributed by atoms with E-state index >= 15 is 0 Å². The summed E-state index contributed by atoms with van der Waals surface area (Å²) in [5, 5.41) is 9.46. The summed E-state index contributed by atoms with van der Waals surface area (Å²) in [5.41, 5.74) is 2.23. The van der Waals surface area contributed by atoms with Crippen molar-refractivity contribution in [2.24, 2.45) is 0 Å². The first-order valence-corrected chi connectivity index (χ1v) is 11.8. The van der Waals surface area contributed by atoms with Gasteiger partial charge in [-0.2, -0.15) is 4.98 Å². The summed E-state index contributed by atoms with van der Waals surface area (Å²) in [5.74, 6) is -2.35. The van der Waals surface area contributed by atoms with Gasteiger partial charge in [0.2, 0.25) is 5.95 Å². The Balaban J connectivity index is 1.31. The first-order valence-electron chi connectivity index (χ1n) is 11.4. The largest absolute Gasteiger partial charge is 0.362 e. The number of halogens is 3. The fourth-order valence-electron chi connectivity index (χ4n) is 4.54. The van der Waals surface area contributed by atoms with Crippen LogP contribution in [0.5, 0.6) is 0 Å². The second-order valence-corrected chi connectivity index (χ2v) is 9.32. The minimum Gasteiger partial charge on any atom is -0.362 e. The summed E-state index contributed by atoms with van der Waals surface area (Å²) in [6.07, 6.45) is 7.87. The smallest absolute Gasteiger partial charge is 0.225 e. The van der Waals surface area contributed by atoms with Crippen molar-refractivity contribution in [3.05, 3.63) is 40.8 Å². The molecule has 2 aliphatic rings. The molecule has 1 heterocycles. The average Bonchev–Trinajstić information content (AvgIpc) is 2.80. The topological polar surface area (TPSA) is 65.1 Å². The van der Waals surface area contributed by atoms with Gasteiger partial charge in [-0.15, -0.1) is 0 Å². The molecule has 2 aromatic rings. The van der Waals surface area contributed by atoms with Gasteiger partial charge in [-0.05, 0) is 75.7 Å². The number of aryl methyl sites for hydroxylation is 1. The molecule has 0 bridgehead atoms. The summed E-state index contributed by atoms with van der Waals surface area (Å²) < 4.78 is 40.4. The van der Waals surface area contributed by atoms with Crippen molar-refractivity contribution in [3.63, 3.8) is 0 Å². The van der Waals surface area contributed by atoms with Crippen molar-refractivity contribution >= 4 is 34.8 Å². The molecule has 0 atom stereocenters. The Morgan fingerprint density at radius 2 is 1.67 bits per heavy atom. The Morgan fingerprint density at radius 1 is 0.970 bits per heavy atom. The molecule has 1 fully saturated rings. The lowest BCUT2D eigenvalue weighted by Gasteiger charge is -2.31. The van der Waals surface area contributed by atoms with Crippen LogP contribution in [0, 0.1) is 17.5 Å². The van der Waals surface area contributed by atoms with Gasteiger partial charge in [0.1, 0.15) is 5.82 Å². The van der Waals surface area contributed by atoms with Gasteiger partial charge in [0, 0.05) is 31.7 Å². The van der Waals surface area contributed by atoms with Crippen LogP contribution in [0.2, 0.25) is 0 Å². The third-order valence-corrected chi connectivity index (χ3v) is 6.48. The molecule has 0 radical (unpaired) electrons. The van der Waals surface area contributed by atoms with Crippen molar-refractivity contribution in [3.8, 4) is 0 Å². The van der Waals surface area contributed by atoms with E-state index in [-0.39, 0.29) is 22.9 Å². The molecule has 3 N–H and O–H groups in total. The predicted molar refractivity (Wildman–Crippen MR) is 128 cm³/mol. The van der Waals surface area contributed by atoms with Gasteiger partial charge in [0.15, 0.2) is 22.6 Å². The van der Waals surface area contributed by atoms with E-state index < -0.39 is 17.5 Å². The Morgan fingerprint density at radius 3 is 2.39 bits per heavy atom. The fraction of sp³-hybridized carbons (Fsp3) is 0.522. The molecule has 0 saturated heterocycles. The molecule has 0 spiro atoms. The van der Waals surface area contributed by atoms with E-state index in [1.165, 1.54) is 12.0 Å². The number of nitrogens with zero attached hydrogens (tertiary/aromatic N) is 3. The highest BCUT2D eigenvalue weighted by Gasteiger charge is 2.25. The number of aromatic nitrogens is 2. The van der Waals surface area contributed by atoms with Gasteiger partial charge < -0.3 is 20.9 Å². The Kier molecular flexibility index (Phi) is 7.21. The quantitative estimate of drug-likeness (QED) is 0.431. The fourth-order valence-corrected chi connectivity index (χ4v) is 4.82. The Bertz CT molecular complexity index is 1020. The van der Waals surface area contributed by atoms with E-state index in [4.69, 9.17) is 22.2 Å². The van der Waals surface area contributed by atoms with Crippen LogP contribution in [0.3, 0.4) is 0 Å². The highest BCUT2D eigenvalue weighted by molar-refractivity contribution is 7.80. The van der Waals surface area contributed by atoms with Crippen molar-refractivity contribution in [1.29, 1.82) is 0 Å². The molecular formula is C23H29F3N6S. The van der Waals surface area contributed by atoms with Crippen LogP contribution in [0.1, 0.15) is 49.8 Å². The molecule has 6 nitrogen and oxygen atoms in total. The highest BCUT2D eigenvalue weighted by atomic mass is 32.1. The normalized spacial score (nSPS) is 20.0. The van der Waals surface area contributed by atoms with Crippen LogP contribution in [-0.4, -0.2) is 41.3 Å². The number of anilines is 3. The Hall–Kier alpha value is -2.62. The zero-order chi connectivity index (χ0) is 23.5. The van der Waals surface area contributed by atoms with Crippen LogP contribution in [0.15, 0.2) is 12.1 Å². The molecule has 2 aliphatic carbocycles. The van der Waals surface area contributed by atoms with Crippen molar-refractivity contribution in [2.75, 3.05) is 29.6 Å². The number of fused-ring (bicyclic) bond motifs is 1. The van der Waals surface area contributed by atoms with Crippen molar-refractivity contribution < 1.29 is 13.2 Å². The third kappa shape index (κ3) is 5.48. The summed E-state index contributed by atoms with van der Waals surface area (Å²) >= 11 is 5.24. The standard InChI is InChI=1S/C23H29F3N6S/c1-32(2)21-15-5-3-4-6-17(15)29-22(31-21)27-13-7-9-14(10-8-13)28-23(33)30-18-12-11-16(24)19(25)20(18)26/h11-14H,3-10H2,1-2H3,(H,27,29,31)(H2,28,30,33)/t13-,14+. The zero-order valence-corrected chi connectivity index (χ0v) is 19.7. The molecule has 0 amide bonds. The molecular weight excluding hydrogens is 449 g/mol. The van der Waals surface area contributed by atoms with Crippen LogP contribution in [0.4, 0.5) is 30.6 Å². The van der Waals surface area contributed by atoms with E-state index in [0.29, 0.717) is 5.95 Å². The molecule has 4 rings (SSSR count). The van der Waals surface area contributed by atoms with E-state index in [1.54, 1.807) is 0 Å². The summed E-state index contributed by atoms with van der Waals surface area (Å²) in [7, 11) is 4.03. The maximum Gasteiger partial charge on any atom is 0.225 e. The third-order valence-electron chi connectivity index (χ3n) is 6.26. The molecule has 10 heteroatoms. The minimum absolute atomic E-state index is 0.109. The number of hydrogen-bond acceptors (Lipinski definition) is 5. The second kappa shape index (κ2) is 10.1. The van der Waals surface area contributed by atoms with Gasteiger partial charge in [0.05, 0.1) is 11.4 Å². The molecule has 1 aromatic carbocycles. The van der Waals surface area contributed by atoms with Gasteiger partial charge in [-0.25, -0.2) is 18.2 Å². The minimum atomic E-state index is -1.52. The first kappa shape index (κ1) is 23.5. The van der Waals surface area contributed by atoms with Gasteiger partial charge >= 0.3 is 0 Å². The molecule has 0 unspecified atom stereocenters. The van der Waals surface area contributed by atoms with Crippen LogP contribution >= 0.6 is 12.2 Å². The lowest BCUT2D eigenvalue weighted by molar-refractivity contribution is 0.387. The lowest BCUT2D eigenvalue weighted by Crippen LogP contribution is -2.42. The monoisotopic (exact) mass is 478 g/mol. The van der Waals surface area contributed by atoms with E-state index in [1.807, 2.05) is 14.1 Å². The van der Waals surface area contributed by atoms with Crippen LogP contribution in [0.25, 0.3) is 0 Å². The maximum atomic E-state index is 13.9. The molecule has 178 valence electrons. The molecule has 33 heavy (non-hydrogen) atoms. The number of benzene rings is 1. The van der Waals surface area contributed by atoms with Crippen LogP contribution in [-0.2, 0) is 12.8 Å². The number of nitrogens with one attached hydrogen (secondary N) is 3. The second-order valence-electron chi connectivity index (χ2n) is 8.91. The zero-order valence-electron chi connectivity index (χ0n) is 18.9. The number of rotatable bonds is 5. The summed E-state index contributed by atoms with van der Waals surface area (Å²) in [6, 6.07) is 2.36. The molecule has 1 saturated carbocycles. The SMILES string of the molecule is CN(C)c1nc(N[C@H]2CC[C@@H](NC(=S)Nc3ccc(F)c(F)c3F)CC2)nc2c1CCCC2. The van der Waals surface area contributed by atoms with E-state index in [9.17, 15) is 13.2 Å². The van der Waals surface area contributed by atoms with Crippen molar-refractivity contribution in [1.82, 2.24) is 15.3 Å². The van der Waals surface area contributed by atoms with E-state index in [0.717, 1.165) is 68.6 Å². The van der Waals surface area contributed by atoms with Gasteiger partial charge in [-0.1, -0.05) is 0 Å². The molecule has 1 aromatic heterocycles. The number of thiocarbonyl (C=S) groups is 1. The summed E-state index contributed by atoms with van der Waals surface area (Å²) in [6.45, 7) is 0. The number of hydrogen-bond donors (Lipinski definition) is 3. The van der Waals surface area contributed by atoms with Gasteiger partial charge in [-0.3, -0.25) is 0 Å². The molecule has 0 aliphatic heterocycles. The van der Waals surface area contributed by atoms with Crippen molar-refractivity contribution in [2.45, 2.75) is 63.5 Å². The van der Waals surface area contributed by atoms with Gasteiger partial charge in [0.25, 0.3) is 0 Å². The lowest BCUT2D eigenvalue weighted by atomic mass is 9.91. The summed E-state index contributed by atoms with van der Waals surface area (Å²) in [4.78, 5) is 11.6. The average molecular weight is 479 g/mol.